The zero-order valence-electron chi connectivity index (χ0n) is 13.8. The van der Waals surface area contributed by atoms with Gasteiger partial charge in [0, 0.05) is 6.92 Å². The number of nitrogens with zero attached hydrogens (tertiary/aromatic N) is 1. The number of carbonyl (C=O) groups excluding carboxylic acids is 1. The van der Waals surface area contributed by atoms with E-state index in [1.54, 1.807) is 13.8 Å². The maximum atomic E-state index is 12.7. The molecule has 2 aromatic carbocycles. The van der Waals surface area contributed by atoms with E-state index in [1.165, 1.54) is 48.5 Å². The molecule has 0 bridgehead atoms. The Bertz CT molecular complexity index is 902. The summed E-state index contributed by atoms with van der Waals surface area (Å²) in [5, 5.41) is 0. The van der Waals surface area contributed by atoms with E-state index in [9.17, 15) is 21.6 Å². The molecule has 0 aliphatic heterocycles. The fraction of sp³-hybridized carbons (Fsp3) is 0.188. The number of aryl methyl sites for hydroxylation is 2. The van der Waals surface area contributed by atoms with E-state index >= 15 is 0 Å². The highest BCUT2D eigenvalue weighted by Gasteiger charge is 2.40. The molecule has 0 radical (unpaired) electrons. The Labute approximate surface area is 146 Å². The highest BCUT2D eigenvalue weighted by molar-refractivity contribution is 8.03. The molecule has 7 nitrogen and oxygen atoms in total. The SMILES string of the molecule is CC(=O)ON(S(=O)(=O)c1ccc(C)cc1)S(=O)(=O)c1ccc(C)cc1. The highest BCUT2D eigenvalue weighted by atomic mass is 32.3. The second-order valence-electron chi connectivity index (χ2n) is 5.38. The van der Waals surface area contributed by atoms with Gasteiger partial charge in [0.05, 0.1) is 13.7 Å². The number of carbonyl (C=O) groups is 1. The van der Waals surface area contributed by atoms with Crippen LogP contribution in [0.25, 0.3) is 0 Å². The molecular formula is C16H17NO6S2. The van der Waals surface area contributed by atoms with Crippen LogP contribution in [0.15, 0.2) is 58.3 Å². The zero-order chi connectivity index (χ0) is 18.8. The average molecular weight is 383 g/mol. The lowest BCUT2D eigenvalue weighted by molar-refractivity contribution is -0.155. The van der Waals surface area contributed by atoms with Crippen LogP contribution in [0.5, 0.6) is 0 Å². The smallest absolute Gasteiger partial charge is 0.325 e. The average Bonchev–Trinajstić information content (AvgIpc) is 2.53. The van der Waals surface area contributed by atoms with Crippen molar-refractivity contribution in [2.75, 3.05) is 0 Å². The molecule has 0 amide bonds. The Morgan fingerprint density at radius 3 is 1.36 bits per heavy atom. The van der Waals surface area contributed by atoms with Gasteiger partial charge < -0.3 is 4.84 Å². The maximum absolute atomic E-state index is 12.7. The lowest BCUT2D eigenvalue weighted by Crippen LogP contribution is -2.38. The number of rotatable bonds is 5. The Hall–Kier alpha value is -2.23. The molecule has 0 atom stereocenters. The van der Waals surface area contributed by atoms with Crippen LogP contribution in [-0.2, 0) is 29.7 Å². The molecule has 0 heterocycles. The predicted molar refractivity (Wildman–Crippen MR) is 90.3 cm³/mol. The quantitative estimate of drug-likeness (QED) is 0.734. The van der Waals surface area contributed by atoms with E-state index in [0.29, 0.717) is 0 Å². The minimum atomic E-state index is -4.63. The fourth-order valence-electron chi connectivity index (χ4n) is 1.92. The molecule has 0 aromatic heterocycles. The Balaban J connectivity index is 2.60. The largest absolute Gasteiger partial charge is 0.337 e. The van der Waals surface area contributed by atoms with E-state index < -0.39 is 26.0 Å². The van der Waals surface area contributed by atoms with Gasteiger partial charge in [0.1, 0.15) is 0 Å². The molecule has 9 heteroatoms. The summed E-state index contributed by atoms with van der Waals surface area (Å²) in [5.41, 5.74) is 1.58. The van der Waals surface area contributed by atoms with Crippen LogP contribution in [0.3, 0.4) is 0 Å². The first-order valence-electron chi connectivity index (χ1n) is 7.17. The summed E-state index contributed by atoms with van der Waals surface area (Å²) in [6, 6.07) is 11.0. The van der Waals surface area contributed by atoms with Crippen LogP contribution in [0, 0.1) is 13.8 Å². The molecule has 0 fully saturated rings. The molecule has 2 rings (SSSR count). The third kappa shape index (κ3) is 4.06. The molecule has 0 aliphatic rings. The second-order valence-corrected chi connectivity index (χ2v) is 9.12. The first-order chi connectivity index (χ1) is 11.5. The van der Waals surface area contributed by atoms with Crippen molar-refractivity contribution in [2.24, 2.45) is 0 Å². The molecule has 0 unspecified atom stereocenters. The molecule has 0 saturated carbocycles. The standard InChI is InChI=1S/C16H17NO6S2/c1-12-4-8-15(9-5-12)24(19,20)17(23-14(3)18)25(21,22)16-10-6-13(2)7-11-16/h4-11H,1-3H3. The van der Waals surface area contributed by atoms with Crippen molar-refractivity contribution in [3.05, 3.63) is 59.7 Å². The normalized spacial score (nSPS) is 12.2. The third-order valence-electron chi connectivity index (χ3n) is 3.23. The minimum absolute atomic E-state index is 0.238. The number of hydrogen-bond acceptors (Lipinski definition) is 6. The van der Waals surface area contributed by atoms with Gasteiger partial charge in [-0.2, -0.15) is 0 Å². The summed E-state index contributed by atoms with van der Waals surface area (Å²) in [4.78, 5) is 15.3. The van der Waals surface area contributed by atoms with Crippen molar-refractivity contribution in [1.29, 1.82) is 0 Å². The summed E-state index contributed by atoms with van der Waals surface area (Å²) in [7, 11) is -9.25. The first kappa shape index (κ1) is 19.1. The van der Waals surface area contributed by atoms with E-state index in [1.807, 2.05) is 0 Å². The van der Waals surface area contributed by atoms with Gasteiger partial charge in [0.25, 0.3) is 20.0 Å². The number of benzene rings is 2. The number of sulfonamides is 2. The van der Waals surface area contributed by atoms with E-state index in [-0.39, 0.29) is 13.7 Å². The molecule has 2 aromatic rings. The van der Waals surface area contributed by atoms with Crippen LogP contribution in [0.2, 0.25) is 0 Å². The third-order valence-corrected chi connectivity index (χ3v) is 7.08. The molecule has 0 N–H and O–H groups in total. The maximum Gasteiger partial charge on any atom is 0.325 e. The summed E-state index contributed by atoms with van der Waals surface area (Å²) in [6.45, 7) is 4.43. The summed E-state index contributed by atoms with van der Waals surface area (Å²) >= 11 is 0. The minimum Gasteiger partial charge on any atom is -0.337 e. The topological polar surface area (TPSA) is 97.8 Å². The Morgan fingerprint density at radius 1 is 0.760 bits per heavy atom. The Kier molecular flexibility index (Phi) is 5.31. The van der Waals surface area contributed by atoms with E-state index in [2.05, 4.69) is 4.84 Å². The monoisotopic (exact) mass is 383 g/mol. The zero-order valence-corrected chi connectivity index (χ0v) is 15.5. The van der Waals surface area contributed by atoms with Gasteiger partial charge in [-0.15, -0.1) is 0 Å². The van der Waals surface area contributed by atoms with Crippen LogP contribution in [0.4, 0.5) is 0 Å². The van der Waals surface area contributed by atoms with Gasteiger partial charge >= 0.3 is 5.97 Å². The molecular weight excluding hydrogens is 366 g/mol. The fourth-order valence-corrected chi connectivity index (χ4v) is 5.19. The summed E-state index contributed by atoms with van der Waals surface area (Å²) < 4.78 is 50.7. The van der Waals surface area contributed by atoms with Gasteiger partial charge in [-0.05, 0) is 38.1 Å². The van der Waals surface area contributed by atoms with Crippen LogP contribution < -0.4 is 0 Å². The predicted octanol–water partition coefficient (Wildman–Crippen LogP) is 2.16. The summed E-state index contributed by atoms with van der Waals surface area (Å²) in [5.74, 6) is -1.08. The van der Waals surface area contributed by atoms with Crippen molar-refractivity contribution >= 4 is 26.0 Å². The van der Waals surface area contributed by atoms with Crippen molar-refractivity contribution in [3.8, 4) is 0 Å². The molecule has 0 saturated heterocycles. The van der Waals surface area contributed by atoms with Crippen LogP contribution >= 0.6 is 0 Å². The van der Waals surface area contributed by atoms with Gasteiger partial charge in [0.2, 0.25) is 0 Å². The van der Waals surface area contributed by atoms with Crippen LogP contribution in [0.1, 0.15) is 18.1 Å². The van der Waals surface area contributed by atoms with Gasteiger partial charge in [-0.25, -0.2) is 16.8 Å². The summed E-state index contributed by atoms with van der Waals surface area (Å²) in [6.07, 6.45) is 0. The Morgan fingerprint density at radius 2 is 1.08 bits per heavy atom. The molecule has 0 aliphatic carbocycles. The number of hydrogen-bond donors (Lipinski definition) is 0. The van der Waals surface area contributed by atoms with E-state index in [4.69, 9.17) is 0 Å². The van der Waals surface area contributed by atoms with Gasteiger partial charge in [0.15, 0.2) is 0 Å². The highest BCUT2D eigenvalue weighted by Crippen LogP contribution is 2.25. The lowest BCUT2D eigenvalue weighted by Gasteiger charge is -2.20. The van der Waals surface area contributed by atoms with Crippen molar-refractivity contribution in [1.82, 2.24) is 3.87 Å². The second kappa shape index (κ2) is 6.95. The first-order valence-corrected chi connectivity index (χ1v) is 10.1. The molecule has 25 heavy (non-hydrogen) atoms. The van der Waals surface area contributed by atoms with Crippen molar-refractivity contribution < 1.29 is 26.5 Å². The van der Waals surface area contributed by atoms with E-state index in [0.717, 1.165) is 18.1 Å². The molecule has 134 valence electrons. The van der Waals surface area contributed by atoms with Gasteiger partial charge in [-0.3, -0.25) is 4.79 Å². The van der Waals surface area contributed by atoms with Crippen molar-refractivity contribution in [3.63, 3.8) is 0 Å². The van der Waals surface area contributed by atoms with Crippen LogP contribution in [-0.4, -0.2) is 26.7 Å². The van der Waals surface area contributed by atoms with Crippen molar-refractivity contribution in [2.45, 2.75) is 30.6 Å². The molecule has 0 spiro atoms. The lowest BCUT2D eigenvalue weighted by atomic mass is 10.2. The van der Waals surface area contributed by atoms with Gasteiger partial charge in [-0.1, -0.05) is 35.4 Å².